The first-order valence-electron chi connectivity index (χ1n) is 6.79. The molecule has 0 amide bonds. The summed E-state index contributed by atoms with van der Waals surface area (Å²) >= 11 is 5.97. The molecule has 2 nitrogen and oxygen atoms in total. The van der Waals surface area contributed by atoms with Crippen LogP contribution in [0.4, 0.5) is 5.69 Å². The normalized spacial score (nSPS) is 17.7. The molecule has 0 unspecified atom stereocenters. The monoisotopic (exact) mass is 264 g/mol. The van der Waals surface area contributed by atoms with Gasteiger partial charge in [0.25, 0.3) is 0 Å². The van der Waals surface area contributed by atoms with E-state index < -0.39 is 0 Å². The van der Waals surface area contributed by atoms with Crippen molar-refractivity contribution >= 4 is 23.1 Å². The highest BCUT2D eigenvalue weighted by Crippen LogP contribution is 2.25. The van der Waals surface area contributed by atoms with Gasteiger partial charge in [-0.1, -0.05) is 24.9 Å². The predicted octanol–water partition coefficient (Wildman–Crippen LogP) is 4.57. The highest BCUT2D eigenvalue weighted by atomic mass is 35.5. The van der Waals surface area contributed by atoms with E-state index in [0.717, 1.165) is 35.8 Å². The van der Waals surface area contributed by atoms with Gasteiger partial charge in [-0.3, -0.25) is 0 Å². The van der Waals surface area contributed by atoms with Crippen LogP contribution < -0.4 is 0 Å². The molecule has 1 aromatic carbocycles. The van der Waals surface area contributed by atoms with Gasteiger partial charge in [-0.05, 0) is 43.5 Å². The Kier molecular flexibility index (Phi) is 4.65. The van der Waals surface area contributed by atoms with Crippen LogP contribution in [-0.2, 0) is 0 Å². The van der Waals surface area contributed by atoms with Crippen molar-refractivity contribution in [3.63, 3.8) is 0 Å². The molecule has 1 aromatic rings. The summed E-state index contributed by atoms with van der Waals surface area (Å²) in [6.45, 7) is 6.60. The SMILES string of the molecule is CCCCN1CCCC1=Nc1ccc(Cl)cc1C. The van der Waals surface area contributed by atoms with E-state index in [1.54, 1.807) is 0 Å². The number of amidine groups is 1. The number of halogens is 1. The van der Waals surface area contributed by atoms with Gasteiger partial charge in [0.05, 0.1) is 5.69 Å². The lowest BCUT2D eigenvalue weighted by Gasteiger charge is -2.18. The molecule has 0 atom stereocenters. The molecule has 1 heterocycles. The van der Waals surface area contributed by atoms with Gasteiger partial charge in [0, 0.05) is 24.5 Å². The van der Waals surface area contributed by atoms with Crippen molar-refractivity contribution in [1.82, 2.24) is 4.90 Å². The largest absolute Gasteiger partial charge is 0.360 e. The lowest BCUT2D eigenvalue weighted by molar-refractivity contribution is 0.440. The summed E-state index contributed by atoms with van der Waals surface area (Å²) in [5.74, 6) is 1.24. The molecule has 18 heavy (non-hydrogen) atoms. The first-order valence-corrected chi connectivity index (χ1v) is 7.17. The third kappa shape index (κ3) is 3.26. The number of likely N-dealkylation sites (tertiary alicyclic amines) is 1. The summed E-state index contributed by atoms with van der Waals surface area (Å²) < 4.78 is 0. The smallest absolute Gasteiger partial charge is 0.105 e. The van der Waals surface area contributed by atoms with Gasteiger partial charge in [-0.15, -0.1) is 0 Å². The average molecular weight is 265 g/mol. The number of nitrogens with zero attached hydrogens (tertiary/aromatic N) is 2. The zero-order chi connectivity index (χ0) is 13.0. The Bertz CT molecular complexity index is 440. The summed E-state index contributed by atoms with van der Waals surface area (Å²) in [4.78, 5) is 7.25. The standard InChI is InChI=1S/C15H21ClN2/c1-3-4-9-18-10-5-6-15(18)17-14-8-7-13(16)11-12(14)2/h7-8,11H,3-6,9-10H2,1-2H3. The Morgan fingerprint density at radius 3 is 2.94 bits per heavy atom. The van der Waals surface area contributed by atoms with Gasteiger partial charge in [-0.25, -0.2) is 4.99 Å². The minimum absolute atomic E-state index is 0.783. The van der Waals surface area contributed by atoms with Crippen molar-refractivity contribution in [2.45, 2.75) is 39.5 Å². The van der Waals surface area contributed by atoms with Crippen LogP contribution in [0.25, 0.3) is 0 Å². The van der Waals surface area contributed by atoms with E-state index >= 15 is 0 Å². The Morgan fingerprint density at radius 1 is 1.39 bits per heavy atom. The van der Waals surface area contributed by atoms with E-state index in [1.165, 1.54) is 25.1 Å². The lowest BCUT2D eigenvalue weighted by atomic mass is 10.2. The Labute approximate surface area is 115 Å². The third-order valence-corrected chi connectivity index (χ3v) is 3.62. The van der Waals surface area contributed by atoms with E-state index in [2.05, 4.69) is 18.7 Å². The minimum atomic E-state index is 0.783. The number of hydrogen-bond acceptors (Lipinski definition) is 1. The van der Waals surface area contributed by atoms with Crippen molar-refractivity contribution in [2.75, 3.05) is 13.1 Å². The highest BCUT2D eigenvalue weighted by Gasteiger charge is 2.17. The lowest BCUT2D eigenvalue weighted by Crippen LogP contribution is -2.25. The van der Waals surface area contributed by atoms with Crippen molar-refractivity contribution in [2.24, 2.45) is 4.99 Å². The van der Waals surface area contributed by atoms with Gasteiger partial charge in [-0.2, -0.15) is 0 Å². The van der Waals surface area contributed by atoms with Crippen LogP contribution in [0.3, 0.4) is 0 Å². The van der Waals surface area contributed by atoms with Crippen LogP contribution in [0.15, 0.2) is 23.2 Å². The maximum Gasteiger partial charge on any atom is 0.105 e. The molecule has 0 spiro atoms. The number of aryl methyl sites for hydroxylation is 1. The van der Waals surface area contributed by atoms with E-state index in [9.17, 15) is 0 Å². The van der Waals surface area contributed by atoms with Crippen molar-refractivity contribution in [3.05, 3.63) is 28.8 Å². The molecule has 0 aliphatic carbocycles. The fraction of sp³-hybridized carbons (Fsp3) is 0.533. The topological polar surface area (TPSA) is 15.6 Å². The molecule has 1 fully saturated rings. The van der Waals surface area contributed by atoms with Gasteiger partial charge < -0.3 is 4.90 Å². The molecule has 1 aliphatic heterocycles. The zero-order valence-electron chi connectivity index (χ0n) is 11.2. The van der Waals surface area contributed by atoms with Crippen LogP contribution in [0, 0.1) is 6.92 Å². The van der Waals surface area contributed by atoms with Crippen molar-refractivity contribution < 1.29 is 0 Å². The van der Waals surface area contributed by atoms with Crippen LogP contribution >= 0.6 is 11.6 Å². The summed E-state index contributed by atoms with van der Waals surface area (Å²) in [5.41, 5.74) is 2.20. The van der Waals surface area contributed by atoms with E-state index in [-0.39, 0.29) is 0 Å². The molecule has 0 N–H and O–H groups in total. The quantitative estimate of drug-likeness (QED) is 0.778. The number of benzene rings is 1. The van der Waals surface area contributed by atoms with Crippen LogP contribution in [-0.4, -0.2) is 23.8 Å². The Balaban J connectivity index is 2.15. The fourth-order valence-corrected chi connectivity index (χ4v) is 2.54. The number of rotatable bonds is 4. The summed E-state index contributed by atoms with van der Waals surface area (Å²) in [6, 6.07) is 5.91. The summed E-state index contributed by atoms with van der Waals surface area (Å²) in [7, 11) is 0. The van der Waals surface area contributed by atoms with Gasteiger partial charge in [0.15, 0.2) is 0 Å². The van der Waals surface area contributed by atoms with Crippen LogP contribution in [0.2, 0.25) is 5.02 Å². The van der Waals surface area contributed by atoms with E-state index in [0.29, 0.717) is 0 Å². The zero-order valence-corrected chi connectivity index (χ0v) is 12.0. The molecule has 3 heteroatoms. The molecular formula is C15H21ClN2. The maximum absolute atomic E-state index is 5.97. The Hall–Kier alpha value is -1.02. The fourth-order valence-electron chi connectivity index (χ4n) is 2.32. The van der Waals surface area contributed by atoms with E-state index in [1.807, 2.05) is 18.2 Å². The van der Waals surface area contributed by atoms with Crippen LogP contribution in [0.5, 0.6) is 0 Å². The maximum atomic E-state index is 5.97. The summed E-state index contributed by atoms with van der Waals surface area (Å²) in [6.07, 6.45) is 4.82. The first kappa shape index (κ1) is 13.4. The molecule has 1 aliphatic rings. The molecular weight excluding hydrogens is 244 g/mol. The van der Waals surface area contributed by atoms with Crippen molar-refractivity contribution in [3.8, 4) is 0 Å². The van der Waals surface area contributed by atoms with Crippen LogP contribution in [0.1, 0.15) is 38.2 Å². The highest BCUT2D eigenvalue weighted by molar-refractivity contribution is 6.30. The van der Waals surface area contributed by atoms with Gasteiger partial charge >= 0.3 is 0 Å². The number of unbranched alkanes of at least 4 members (excludes halogenated alkanes) is 1. The van der Waals surface area contributed by atoms with Gasteiger partial charge in [0.2, 0.25) is 0 Å². The second kappa shape index (κ2) is 6.24. The second-order valence-corrected chi connectivity index (χ2v) is 5.34. The van der Waals surface area contributed by atoms with Gasteiger partial charge in [0.1, 0.15) is 5.84 Å². The molecule has 0 bridgehead atoms. The molecule has 98 valence electrons. The average Bonchev–Trinajstić information content (AvgIpc) is 2.77. The molecule has 0 radical (unpaired) electrons. The molecule has 0 saturated carbocycles. The summed E-state index contributed by atoms with van der Waals surface area (Å²) in [5, 5.41) is 0.783. The number of hydrogen-bond donors (Lipinski definition) is 0. The second-order valence-electron chi connectivity index (χ2n) is 4.90. The molecule has 1 saturated heterocycles. The predicted molar refractivity (Wildman–Crippen MR) is 79.0 cm³/mol. The minimum Gasteiger partial charge on any atom is -0.360 e. The third-order valence-electron chi connectivity index (χ3n) is 3.38. The Morgan fingerprint density at radius 2 is 2.22 bits per heavy atom. The van der Waals surface area contributed by atoms with Crippen molar-refractivity contribution in [1.29, 1.82) is 0 Å². The number of aliphatic imine (C=N–C) groups is 1. The van der Waals surface area contributed by atoms with E-state index in [4.69, 9.17) is 16.6 Å². The molecule has 2 rings (SSSR count). The first-order chi connectivity index (χ1) is 8.70. The molecule has 0 aromatic heterocycles.